The molecule has 0 spiro atoms. The summed E-state index contributed by atoms with van der Waals surface area (Å²) >= 11 is 8.10. The van der Waals surface area contributed by atoms with Crippen molar-refractivity contribution in [2.45, 2.75) is 26.4 Å². The van der Waals surface area contributed by atoms with E-state index in [1.807, 2.05) is 41.9 Å². The Hall–Kier alpha value is -1.56. The topological polar surface area (TPSA) is 70.6 Å². The molecule has 0 radical (unpaired) electrons. The van der Waals surface area contributed by atoms with Crippen molar-refractivity contribution in [3.63, 3.8) is 0 Å². The number of hydrogen-bond acceptors (Lipinski definition) is 4. The van der Waals surface area contributed by atoms with Gasteiger partial charge in [0.25, 0.3) is 5.91 Å². The summed E-state index contributed by atoms with van der Waals surface area (Å²) in [6.45, 7) is 3.58. The highest BCUT2D eigenvalue weighted by Crippen LogP contribution is 2.32. The lowest BCUT2D eigenvalue weighted by molar-refractivity contribution is -0.0181. The van der Waals surface area contributed by atoms with E-state index in [2.05, 4.69) is 5.32 Å². The van der Waals surface area contributed by atoms with Crippen LogP contribution in [0, 0.1) is 26.9 Å². The van der Waals surface area contributed by atoms with Crippen molar-refractivity contribution in [2.24, 2.45) is 5.92 Å². The van der Waals surface area contributed by atoms with E-state index in [1.165, 1.54) is 6.07 Å². The quantitative estimate of drug-likeness (QED) is 0.244. The van der Waals surface area contributed by atoms with Crippen LogP contribution >= 0.6 is 34.2 Å². The molecule has 0 aliphatic carbocycles. The first kappa shape index (κ1) is 23.7. The predicted octanol–water partition coefficient (Wildman–Crippen LogP) is 5.17. The van der Waals surface area contributed by atoms with Crippen molar-refractivity contribution in [1.29, 1.82) is 0 Å². The molecule has 5 nitrogen and oxygen atoms in total. The number of halogens is 5. The van der Waals surface area contributed by atoms with E-state index in [4.69, 9.17) is 16.4 Å². The van der Waals surface area contributed by atoms with Crippen LogP contribution in [0.3, 0.4) is 0 Å². The number of nitrogens with one attached hydrogen (secondary N) is 2. The molecule has 2 aromatic rings. The molecule has 10 heteroatoms. The Morgan fingerprint density at radius 2 is 1.93 bits per heavy atom. The first-order valence-electron chi connectivity index (χ1n) is 8.59. The molecule has 158 valence electrons. The Morgan fingerprint density at radius 3 is 2.55 bits per heavy atom. The van der Waals surface area contributed by atoms with E-state index in [1.54, 1.807) is 12.1 Å². The summed E-state index contributed by atoms with van der Waals surface area (Å²) in [7, 11) is 0. The summed E-state index contributed by atoms with van der Waals surface area (Å²) in [6.07, 6.45) is -0.395. The molecular weight excluding hydrogens is 524 g/mol. The van der Waals surface area contributed by atoms with Gasteiger partial charge in [0.15, 0.2) is 17.5 Å². The fourth-order valence-corrected chi connectivity index (χ4v) is 3.40. The molecule has 0 heterocycles. The van der Waals surface area contributed by atoms with Crippen LogP contribution < -0.4 is 10.8 Å². The molecule has 0 saturated heterocycles. The second-order valence-electron chi connectivity index (χ2n) is 6.68. The molecule has 1 atom stereocenters. The van der Waals surface area contributed by atoms with Crippen molar-refractivity contribution in [3.8, 4) is 0 Å². The normalized spacial score (nSPS) is 12.2. The highest BCUT2D eigenvalue weighted by atomic mass is 127. The van der Waals surface area contributed by atoms with Crippen LogP contribution in [0.25, 0.3) is 0 Å². The van der Waals surface area contributed by atoms with E-state index in [0.717, 1.165) is 3.57 Å². The SMILES string of the molecule is CC(C)CC(O)CONC(=O)c1cc(F)c(F)c(F)c1Nc1ccc(I)cc1Cl. The maximum Gasteiger partial charge on any atom is 0.277 e. The summed E-state index contributed by atoms with van der Waals surface area (Å²) in [5, 5.41) is 12.5. The minimum Gasteiger partial charge on any atom is -0.391 e. The molecule has 0 aliphatic heterocycles. The number of aliphatic hydroxyl groups is 1. The summed E-state index contributed by atoms with van der Waals surface area (Å²) < 4.78 is 42.7. The Kier molecular flexibility index (Phi) is 8.56. The number of carbonyl (C=O) groups excluding carboxylic acids is 1. The lowest BCUT2D eigenvalue weighted by Crippen LogP contribution is -2.30. The molecule has 1 amide bonds. The van der Waals surface area contributed by atoms with Crippen LogP contribution in [-0.4, -0.2) is 23.7 Å². The van der Waals surface area contributed by atoms with E-state index in [0.29, 0.717) is 12.5 Å². The largest absolute Gasteiger partial charge is 0.391 e. The second kappa shape index (κ2) is 10.5. The zero-order chi connectivity index (χ0) is 21.7. The third-order valence-corrected chi connectivity index (χ3v) is 4.77. The first-order chi connectivity index (χ1) is 13.6. The van der Waals surface area contributed by atoms with Gasteiger partial charge in [-0.15, -0.1) is 0 Å². The van der Waals surface area contributed by atoms with Crippen molar-refractivity contribution in [1.82, 2.24) is 5.48 Å². The van der Waals surface area contributed by atoms with Gasteiger partial charge in [-0.25, -0.2) is 18.7 Å². The summed E-state index contributed by atoms with van der Waals surface area (Å²) in [6, 6.07) is 5.28. The second-order valence-corrected chi connectivity index (χ2v) is 8.34. The minimum atomic E-state index is -1.74. The van der Waals surface area contributed by atoms with Crippen molar-refractivity contribution >= 4 is 51.5 Å². The van der Waals surface area contributed by atoms with E-state index >= 15 is 0 Å². The number of hydrogen-bond donors (Lipinski definition) is 3. The van der Waals surface area contributed by atoms with Gasteiger partial charge in [-0.05, 0) is 59.2 Å². The third-order valence-electron chi connectivity index (χ3n) is 3.78. The van der Waals surface area contributed by atoms with Gasteiger partial charge in [0.05, 0.1) is 28.1 Å². The van der Waals surface area contributed by atoms with Gasteiger partial charge in [-0.3, -0.25) is 9.63 Å². The number of rotatable bonds is 8. The number of anilines is 2. The number of hydroxylamine groups is 1. The smallest absolute Gasteiger partial charge is 0.277 e. The van der Waals surface area contributed by atoms with E-state index < -0.39 is 40.7 Å². The molecule has 0 aliphatic rings. The van der Waals surface area contributed by atoms with Gasteiger partial charge in [0.2, 0.25) is 0 Å². The summed E-state index contributed by atoms with van der Waals surface area (Å²) in [4.78, 5) is 17.3. The molecule has 1 unspecified atom stereocenters. The standard InChI is InChI=1S/C19H19ClF3IN2O3/c1-9(2)5-11(27)8-29-26-19(28)12-7-14(21)16(22)17(23)18(12)25-15-4-3-10(24)6-13(15)20/h3-4,6-7,9,11,25,27H,5,8H2,1-2H3,(H,26,28). The van der Waals surface area contributed by atoms with Crippen LogP contribution in [0.2, 0.25) is 5.02 Å². The van der Waals surface area contributed by atoms with Gasteiger partial charge in [0, 0.05) is 3.57 Å². The molecule has 0 saturated carbocycles. The Labute approximate surface area is 184 Å². The number of benzene rings is 2. The molecule has 0 bridgehead atoms. The number of carbonyl (C=O) groups is 1. The molecule has 3 N–H and O–H groups in total. The van der Waals surface area contributed by atoms with Crippen LogP contribution in [-0.2, 0) is 4.84 Å². The molecule has 0 fully saturated rings. The van der Waals surface area contributed by atoms with Crippen molar-refractivity contribution < 1.29 is 27.9 Å². The molecule has 0 aromatic heterocycles. The Balaban J connectivity index is 2.25. The van der Waals surface area contributed by atoms with Gasteiger partial charge in [-0.1, -0.05) is 25.4 Å². The summed E-state index contributed by atoms with van der Waals surface area (Å²) in [5.74, 6) is -5.67. The van der Waals surface area contributed by atoms with Gasteiger partial charge in [0.1, 0.15) is 6.61 Å². The lowest BCUT2D eigenvalue weighted by atomic mass is 10.1. The number of amides is 1. The molecule has 29 heavy (non-hydrogen) atoms. The minimum absolute atomic E-state index is 0.194. The van der Waals surface area contributed by atoms with Gasteiger partial charge in [-0.2, -0.15) is 0 Å². The molecular formula is C19H19ClF3IN2O3. The summed E-state index contributed by atoms with van der Waals surface area (Å²) in [5.41, 5.74) is 1.06. The average Bonchev–Trinajstić information content (AvgIpc) is 2.63. The number of aliphatic hydroxyl groups excluding tert-OH is 1. The molecule has 2 rings (SSSR count). The van der Waals surface area contributed by atoms with Gasteiger partial charge < -0.3 is 10.4 Å². The monoisotopic (exact) mass is 542 g/mol. The van der Waals surface area contributed by atoms with E-state index in [9.17, 15) is 23.1 Å². The average molecular weight is 543 g/mol. The fourth-order valence-electron chi connectivity index (χ4n) is 2.49. The maximum absolute atomic E-state index is 14.4. The predicted molar refractivity (Wildman–Crippen MR) is 113 cm³/mol. The Morgan fingerprint density at radius 1 is 1.24 bits per heavy atom. The van der Waals surface area contributed by atoms with Crippen molar-refractivity contribution in [2.75, 3.05) is 11.9 Å². The van der Waals surface area contributed by atoms with E-state index in [-0.39, 0.29) is 23.2 Å². The lowest BCUT2D eigenvalue weighted by Gasteiger charge is -2.16. The van der Waals surface area contributed by atoms with Crippen LogP contribution in [0.1, 0.15) is 30.6 Å². The Bertz CT molecular complexity index is 899. The van der Waals surface area contributed by atoms with Crippen LogP contribution in [0.15, 0.2) is 24.3 Å². The molecule has 2 aromatic carbocycles. The fraction of sp³-hybridized carbons (Fsp3) is 0.316. The highest BCUT2D eigenvalue weighted by Gasteiger charge is 2.24. The van der Waals surface area contributed by atoms with Crippen LogP contribution in [0.5, 0.6) is 0 Å². The zero-order valence-corrected chi connectivity index (χ0v) is 18.4. The van der Waals surface area contributed by atoms with Gasteiger partial charge >= 0.3 is 0 Å². The zero-order valence-electron chi connectivity index (χ0n) is 15.5. The maximum atomic E-state index is 14.4. The third kappa shape index (κ3) is 6.46. The first-order valence-corrected chi connectivity index (χ1v) is 10.1. The highest BCUT2D eigenvalue weighted by molar-refractivity contribution is 14.1. The van der Waals surface area contributed by atoms with Crippen LogP contribution in [0.4, 0.5) is 24.5 Å². The van der Waals surface area contributed by atoms with Crippen molar-refractivity contribution in [3.05, 3.63) is 55.9 Å².